The van der Waals surface area contributed by atoms with Crippen LogP contribution in [0.15, 0.2) is 48.5 Å². The van der Waals surface area contributed by atoms with Gasteiger partial charge in [0.1, 0.15) is 12.3 Å². The third kappa shape index (κ3) is 4.73. The van der Waals surface area contributed by atoms with Gasteiger partial charge < -0.3 is 19.5 Å². The predicted octanol–water partition coefficient (Wildman–Crippen LogP) is 3.42. The minimum Gasteiger partial charge on any atom is -0.490 e. The van der Waals surface area contributed by atoms with Crippen LogP contribution in [-0.2, 0) is 4.79 Å². The molecule has 0 unspecified atom stereocenters. The number of hydrogen-bond donors (Lipinski definition) is 1. The van der Waals surface area contributed by atoms with Gasteiger partial charge in [0.15, 0.2) is 11.5 Å². The summed E-state index contributed by atoms with van der Waals surface area (Å²) < 4.78 is 11.4. The van der Waals surface area contributed by atoms with Crippen LogP contribution in [0.5, 0.6) is 17.2 Å². The molecule has 6 nitrogen and oxygen atoms in total. The van der Waals surface area contributed by atoms with Crippen molar-refractivity contribution in [1.82, 2.24) is 4.90 Å². The maximum absolute atomic E-state index is 12.7. The molecule has 6 heteroatoms. The van der Waals surface area contributed by atoms with Gasteiger partial charge in [0.25, 0.3) is 5.91 Å². The molecule has 0 spiro atoms. The molecular weight excluding hydrogens is 322 g/mol. The van der Waals surface area contributed by atoms with Crippen LogP contribution in [-0.4, -0.2) is 41.6 Å². The third-order valence-corrected chi connectivity index (χ3v) is 3.48. The number of ether oxygens (including phenoxy) is 2. The number of hydrogen-bond acceptors (Lipinski definition) is 4. The van der Waals surface area contributed by atoms with E-state index < -0.39 is 11.9 Å². The highest BCUT2D eigenvalue weighted by molar-refractivity contribution is 5.98. The number of carbonyl (C=O) groups is 2. The summed E-state index contributed by atoms with van der Waals surface area (Å²) in [6.07, 6.45) is 0. The highest BCUT2D eigenvalue weighted by Gasteiger charge is 2.21. The first-order valence-corrected chi connectivity index (χ1v) is 8.06. The molecular formula is C19H21NO5. The van der Waals surface area contributed by atoms with E-state index in [4.69, 9.17) is 14.6 Å². The highest BCUT2D eigenvalue weighted by Crippen LogP contribution is 2.33. The van der Waals surface area contributed by atoms with Gasteiger partial charge in [-0.3, -0.25) is 9.59 Å². The van der Waals surface area contributed by atoms with E-state index in [1.54, 1.807) is 43.3 Å². The quantitative estimate of drug-likeness (QED) is 0.795. The van der Waals surface area contributed by atoms with E-state index in [0.717, 1.165) is 0 Å². The summed E-state index contributed by atoms with van der Waals surface area (Å²) in [7, 11) is 0. The van der Waals surface area contributed by atoms with Crippen LogP contribution in [0.4, 0.5) is 0 Å². The van der Waals surface area contributed by atoms with Crippen LogP contribution in [0.2, 0.25) is 0 Å². The fourth-order valence-electron chi connectivity index (χ4n) is 2.32. The van der Waals surface area contributed by atoms with Gasteiger partial charge in [0.05, 0.1) is 12.2 Å². The molecule has 25 heavy (non-hydrogen) atoms. The molecule has 2 aromatic rings. The summed E-state index contributed by atoms with van der Waals surface area (Å²) >= 11 is 0. The smallest absolute Gasteiger partial charge is 0.323 e. The Morgan fingerprint density at radius 1 is 0.960 bits per heavy atom. The molecule has 0 saturated carbocycles. The molecule has 0 aliphatic carbocycles. The first-order chi connectivity index (χ1) is 12.1. The van der Waals surface area contributed by atoms with E-state index >= 15 is 0 Å². The second kappa shape index (κ2) is 8.73. The Morgan fingerprint density at radius 2 is 1.56 bits per heavy atom. The van der Waals surface area contributed by atoms with Gasteiger partial charge >= 0.3 is 5.97 Å². The van der Waals surface area contributed by atoms with Crippen molar-refractivity contribution in [2.45, 2.75) is 13.8 Å². The Hall–Kier alpha value is -3.02. The molecule has 0 heterocycles. The lowest BCUT2D eigenvalue weighted by molar-refractivity contribution is -0.137. The minimum absolute atomic E-state index is 0.287. The van der Waals surface area contributed by atoms with E-state index in [1.165, 1.54) is 4.90 Å². The fourth-order valence-corrected chi connectivity index (χ4v) is 2.32. The number of carbonyl (C=O) groups excluding carboxylic acids is 1. The molecule has 0 fully saturated rings. The summed E-state index contributed by atoms with van der Waals surface area (Å²) in [5.74, 6) is -0.0378. The summed E-state index contributed by atoms with van der Waals surface area (Å²) in [6, 6.07) is 13.9. The van der Waals surface area contributed by atoms with Gasteiger partial charge in [0, 0.05) is 6.54 Å². The molecule has 0 radical (unpaired) electrons. The maximum Gasteiger partial charge on any atom is 0.323 e. The minimum atomic E-state index is -1.06. The Bertz CT molecular complexity index is 744. The van der Waals surface area contributed by atoms with Gasteiger partial charge in [-0.2, -0.15) is 0 Å². The average Bonchev–Trinajstić information content (AvgIpc) is 2.61. The van der Waals surface area contributed by atoms with Crippen molar-refractivity contribution in [3.8, 4) is 17.2 Å². The number of nitrogens with zero attached hydrogens (tertiary/aromatic N) is 1. The monoisotopic (exact) mass is 343 g/mol. The number of carboxylic acid groups (broad SMARTS) is 1. The number of amides is 1. The molecule has 1 amide bonds. The van der Waals surface area contributed by atoms with Crippen molar-refractivity contribution in [3.63, 3.8) is 0 Å². The number of rotatable bonds is 8. The van der Waals surface area contributed by atoms with Gasteiger partial charge in [-0.1, -0.05) is 24.3 Å². The number of aliphatic carboxylic acids is 1. The van der Waals surface area contributed by atoms with Gasteiger partial charge in [-0.05, 0) is 38.1 Å². The van der Waals surface area contributed by atoms with Crippen molar-refractivity contribution in [3.05, 3.63) is 54.1 Å². The van der Waals surface area contributed by atoms with Gasteiger partial charge in [-0.25, -0.2) is 0 Å². The van der Waals surface area contributed by atoms with E-state index in [9.17, 15) is 9.59 Å². The van der Waals surface area contributed by atoms with Crippen LogP contribution in [0.1, 0.15) is 24.2 Å². The second-order valence-corrected chi connectivity index (χ2v) is 5.19. The fraction of sp³-hybridized carbons (Fsp3) is 0.263. The first kappa shape index (κ1) is 18.3. The van der Waals surface area contributed by atoms with Crippen molar-refractivity contribution >= 4 is 11.9 Å². The predicted molar refractivity (Wildman–Crippen MR) is 93.3 cm³/mol. The molecule has 132 valence electrons. The SMILES string of the molecule is CCOc1ccccc1Oc1ccccc1C(=O)N(CC)CC(=O)O. The lowest BCUT2D eigenvalue weighted by Crippen LogP contribution is -2.35. The Kier molecular flexibility index (Phi) is 6.39. The van der Waals surface area contributed by atoms with E-state index in [2.05, 4.69) is 0 Å². The largest absolute Gasteiger partial charge is 0.490 e. The Morgan fingerprint density at radius 3 is 2.16 bits per heavy atom. The molecule has 0 saturated heterocycles. The summed E-state index contributed by atoms with van der Waals surface area (Å²) in [4.78, 5) is 24.9. The second-order valence-electron chi connectivity index (χ2n) is 5.19. The van der Waals surface area contributed by atoms with Crippen LogP contribution in [0.3, 0.4) is 0 Å². The number of benzene rings is 2. The van der Waals surface area contributed by atoms with Crippen molar-refractivity contribution < 1.29 is 24.2 Å². The Balaban J connectivity index is 2.32. The van der Waals surface area contributed by atoms with Crippen molar-refractivity contribution in [1.29, 1.82) is 0 Å². The summed E-state index contributed by atoms with van der Waals surface area (Å²) in [5.41, 5.74) is 0.303. The zero-order valence-corrected chi connectivity index (χ0v) is 14.3. The molecule has 1 N–H and O–H groups in total. The van der Waals surface area contributed by atoms with E-state index in [1.807, 2.05) is 19.1 Å². The van der Waals surface area contributed by atoms with Gasteiger partial charge in [0.2, 0.25) is 0 Å². The highest BCUT2D eigenvalue weighted by atomic mass is 16.5. The molecule has 2 aromatic carbocycles. The summed E-state index contributed by atoms with van der Waals surface area (Å²) in [6.45, 7) is 4.02. The number of para-hydroxylation sites is 3. The maximum atomic E-state index is 12.7. The van der Waals surface area contributed by atoms with Crippen molar-refractivity contribution in [2.24, 2.45) is 0 Å². The molecule has 0 aliphatic rings. The lowest BCUT2D eigenvalue weighted by atomic mass is 10.1. The van der Waals surface area contributed by atoms with Crippen LogP contribution < -0.4 is 9.47 Å². The average molecular weight is 343 g/mol. The Labute approximate surface area is 146 Å². The molecule has 0 aromatic heterocycles. The lowest BCUT2D eigenvalue weighted by Gasteiger charge is -2.20. The molecule has 2 rings (SSSR count). The third-order valence-electron chi connectivity index (χ3n) is 3.48. The topological polar surface area (TPSA) is 76.1 Å². The standard InChI is InChI=1S/C19H21NO5/c1-3-20(13-18(21)22)19(23)14-9-5-6-10-15(14)25-17-12-8-7-11-16(17)24-4-2/h5-12H,3-4,13H2,1-2H3,(H,21,22). The number of likely N-dealkylation sites (N-methyl/N-ethyl adjacent to an activating group) is 1. The zero-order valence-electron chi connectivity index (χ0n) is 14.3. The molecule has 0 bridgehead atoms. The molecule has 0 aliphatic heterocycles. The van der Waals surface area contributed by atoms with Gasteiger partial charge in [-0.15, -0.1) is 0 Å². The van der Waals surface area contributed by atoms with Crippen LogP contribution >= 0.6 is 0 Å². The summed E-state index contributed by atoms with van der Waals surface area (Å²) in [5, 5.41) is 8.97. The van der Waals surface area contributed by atoms with E-state index in [-0.39, 0.29) is 13.1 Å². The van der Waals surface area contributed by atoms with Crippen LogP contribution in [0.25, 0.3) is 0 Å². The van der Waals surface area contributed by atoms with Crippen LogP contribution in [0, 0.1) is 0 Å². The zero-order chi connectivity index (χ0) is 18.2. The van der Waals surface area contributed by atoms with Crippen molar-refractivity contribution in [2.75, 3.05) is 19.7 Å². The number of carboxylic acids is 1. The normalized spacial score (nSPS) is 10.2. The first-order valence-electron chi connectivity index (χ1n) is 8.06. The van der Waals surface area contributed by atoms with E-state index in [0.29, 0.717) is 29.4 Å². The molecule has 0 atom stereocenters.